The van der Waals surface area contributed by atoms with Crippen molar-refractivity contribution in [2.75, 3.05) is 4.90 Å². The highest BCUT2D eigenvalue weighted by atomic mass is 16.5. The van der Waals surface area contributed by atoms with Gasteiger partial charge in [0, 0.05) is 38.8 Å². The molecule has 0 saturated heterocycles. The first kappa shape index (κ1) is 38.9. The number of anilines is 3. The first-order valence-electron chi connectivity index (χ1n) is 24.1. The van der Waals surface area contributed by atoms with Gasteiger partial charge in [0.15, 0.2) is 0 Å². The lowest BCUT2D eigenvalue weighted by Gasteiger charge is -2.36. The maximum Gasteiger partial charge on any atom is 0.135 e. The van der Waals surface area contributed by atoms with Crippen molar-refractivity contribution >= 4 is 39.0 Å². The van der Waals surface area contributed by atoms with E-state index in [0.29, 0.717) is 0 Å². The highest BCUT2D eigenvalue weighted by molar-refractivity contribution is 6.09. The molecule has 1 spiro atoms. The Kier molecular flexibility index (Phi) is 8.28. The smallest absolute Gasteiger partial charge is 0.135 e. The lowest BCUT2D eigenvalue weighted by molar-refractivity contribution is 0.488. The third-order valence-corrected chi connectivity index (χ3v) is 15.1. The molecule has 2 heterocycles. The van der Waals surface area contributed by atoms with Gasteiger partial charge in [-0.2, -0.15) is 0 Å². The van der Waals surface area contributed by atoms with Gasteiger partial charge in [-0.3, -0.25) is 0 Å². The van der Waals surface area contributed by atoms with Crippen molar-refractivity contribution in [1.82, 2.24) is 0 Å². The molecule has 0 radical (unpaired) electrons. The van der Waals surface area contributed by atoms with Crippen LogP contribution in [0.1, 0.15) is 22.3 Å². The molecule has 15 rings (SSSR count). The fourth-order valence-corrected chi connectivity index (χ4v) is 12.2. The fourth-order valence-electron chi connectivity index (χ4n) is 12.2. The molecule has 11 aromatic carbocycles. The minimum Gasteiger partial charge on any atom is -0.456 e. The van der Waals surface area contributed by atoms with Crippen molar-refractivity contribution < 1.29 is 9.15 Å². The van der Waals surface area contributed by atoms with Crippen LogP contribution in [0.4, 0.5) is 17.1 Å². The maximum atomic E-state index is 6.81. The molecule has 1 aliphatic heterocycles. The van der Waals surface area contributed by atoms with E-state index in [1.807, 2.05) is 6.07 Å². The maximum absolute atomic E-state index is 6.81. The molecule has 12 aromatic rings. The molecule has 0 bridgehead atoms. The normalized spacial score (nSPS) is 14.5. The molecule has 3 heteroatoms. The van der Waals surface area contributed by atoms with Gasteiger partial charge in [0.1, 0.15) is 22.7 Å². The average molecular weight is 892 g/mol. The minimum atomic E-state index is -0.685. The van der Waals surface area contributed by atoms with E-state index in [0.717, 1.165) is 83.9 Å². The van der Waals surface area contributed by atoms with Crippen molar-refractivity contribution in [3.63, 3.8) is 0 Å². The van der Waals surface area contributed by atoms with Gasteiger partial charge >= 0.3 is 0 Å². The first-order chi connectivity index (χ1) is 34.7. The number of para-hydroxylation sites is 3. The Hall–Kier alpha value is -9.18. The third-order valence-electron chi connectivity index (χ3n) is 15.1. The summed E-state index contributed by atoms with van der Waals surface area (Å²) < 4.78 is 13.6. The van der Waals surface area contributed by atoms with Gasteiger partial charge < -0.3 is 14.1 Å². The number of benzene rings is 11. The quantitative estimate of drug-likeness (QED) is 0.176. The standard InChI is InChI=1S/C67H41NO2/c1-2-18-42(19-3-1)45-20-10-15-31-62(45)68(44-35-37-65-56(39-44)49-24-7-5-22-47(49)52-27-11-16-32-63(52)69-65)43-34-36-60-54(38-43)48-23-6-4-21-46(48)50-25-8-13-29-58(50)67(60)59-30-14-9-26-51(59)55-40-57-53-28-12-17-33-64(53)70-66(57)41-61(55)67/h1-41H. The van der Waals surface area contributed by atoms with Crippen molar-refractivity contribution in [3.05, 3.63) is 271 Å². The largest absolute Gasteiger partial charge is 0.456 e. The number of hydrogen-bond acceptors (Lipinski definition) is 3. The summed E-state index contributed by atoms with van der Waals surface area (Å²) in [6.45, 7) is 0. The highest BCUT2D eigenvalue weighted by Crippen LogP contribution is 2.63. The summed E-state index contributed by atoms with van der Waals surface area (Å²) in [5.74, 6) is 1.67. The molecule has 1 aromatic heterocycles. The zero-order valence-corrected chi connectivity index (χ0v) is 37.9. The van der Waals surface area contributed by atoms with E-state index in [4.69, 9.17) is 9.15 Å². The Bertz CT molecular complexity index is 4130. The molecule has 326 valence electrons. The number of ether oxygens (including phenoxy) is 1. The highest BCUT2D eigenvalue weighted by Gasteiger charge is 2.50. The molecule has 3 nitrogen and oxygen atoms in total. The van der Waals surface area contributed by atoms with Crippen molar-refractivity contribution in [2.45, 2.75) is 5.41 Å². The van der Waals surface area contributed by atoms with Gasteiger partial charge in [0.25, 0.3) is 0 Å². The zero-order chi connectivity index (χ0) is 45.9. The summed E-state index contributed by atoms with van der Waals surface area (Å²) in [5, 5.41) is 2.26. The molecular formula is C67H41NO2. The summed E-state index contributed by atoms with van der Waals surface area (Å²) in [5.41, 5.74) is 23.2. The van der Waals surface area contributed by atoms with Crippen LogP contribution in [0.2, 0.25) is 0 Å². The lowest BCUT2D eigenvalue weighted by Crippen LogP contribution is -2.29. The van der Waals surface area contributed by atoms with E-state index < -0.39 is 5.41 Å². The second-order valence-electron chi connectivity index (χ2n) is 18.7. The summed E-state index contributed by atoms with van der Waals surface area (Å²) in [6.07, 6.45) is 0. The van der Waals surface area contributed by atoms with Crippen LogP contribution in [0.3, 0.4) is 0 Å². The van der Waals surface area contributed by atoms with E-state index in [1.54, 1.807) is 0 Å². The molecule has 3 aliphatic rings. The van der Waals surface area contributed by atoms with E-state index in [-0.39, 0.29) is 0 Å². The number of hydrogen-bond donors (Lipinski definition) is 0. The second kappa shape index (κ2) is 14.9. The Morgan fingerprint density at radius 1 is 0.286 bits per heavy atom. The summed E-state index contributed by atoms with van der Waals surface area (Å²) in [4.78, 5) is 2.45. The molecule has 2 aliphatic carbocycles. The molecule has 0 fully saturated rings. The lowest BCUT2D eigenvalue weighted by atomic mass is 9.66. The van der Waals surface area contributed by atoms with Gasteiger partial charge in [0.05, 0.1) is 11.1 Å². The molecule has 1 unspecified atom stereocenters. The topological polar surface area (TPSA) is 25.6 Å². The number of nitrogens with zero attached hydrogens (tertiary/aromatic N) is 1. The van der Waals surface area contributed by atoms with E-state index in [2.05, 4.69) is 248 Å². The Morgan fingerprint density at radius 2 is 0.786 bits per heavy atom. The molecule has 0 saturated carbocycles. The second-order valence-corrected chi connectivity index (χ2v) is 18.7. The van der Waals surface area contributed by atoms with Gasteiger partial charge in [0.2, 0.25) is 0 Å². The van der Waals surface area contributed by atoms with Gasteiger partial charge in [-0.15, -0.1) is 0 Å². The van der Waals surface area contributed by atoms with Crippen LogP contribution < -0.4 is 9.64 Å². The van der Waals surface area contributed by atoms with Crippen LogP contribution >= 0.6 is 0 Å². The zero-order valence-electron chi connectivity index (χ0n) is 37.9. The van der Waals surface area contributed by atoms with Crippen LogP contribution in [0, 0.1) is 0 Å². The minimum absolute atomic E-state index is 0.685. The predicted octanol–water partition coefficient (Wildman–Crippen LogP) is 18.2. The number of rotatable bonds is 4. The summed E-state index contributed by atoms with van der Waals surface area (Å²) in [7, 11) is 0. The monoisotopic (exact) mass is 891 g/mol. The van der Waals surface area contributed by atoms with Crippen molar-refractivity contribution in [1.29, 1.82) is 0 Å². The molecule has 70 heavy (non-hydrogen) atoms. The van der Waals surface area contributed by atoms with Crippen molar-refractivity contribution in [3.8, 4) is 78.3 Å². The Balaban J connectivity index is 1.03. The third kappa shape index (κ3) is 5.46. The molecular weight excluding hydrogens is 851 g/mol. The van der Waals surface area contributed by atoms with E-state index >= 15 is 0 Å². The van der Waals surface area contributed by atoms with E-state index in [9.17, 15) is 0 Å². The van der Waals surface area contributed by atoms with Crippen LogP contribution in [-0.4, -0.2) is 0 Å². The fraction of sp³-hybridized carbons (Fsp3) is 0.0149. The number of fused-ring (bicyclic) bond motifs is 20. The van der Waals surface area contributed by atoms with Gasteiger partial charge in [-0.1, -0.05) is 188 Å². The molecule has 0 amide bonds. The number of furan rings is 1. The van der Waals surface area contributed by atoms with Gasteiger partial charge in [-0.05, 0) is 133 Å². The van der Waals surface area contributed by atoms with E-state index in [1.165, 1.54) is 55.6 Å². The van der Waals surface area contributed by atoms with Crippen LogP contribution in [0.25, 0.3) is 88.7 Å². The Morgan fingerprint density at radius 3 is 1.54 bits per heavy atom. The first-order valence-corrected chi connectivity index (χ1v) is 24.1. The van der Waals surface area contributed by atoms with Crippen LogP contribution in [-0.2, 0) is 5.41 Å². The van der Waals surface area contributed by atoms with Gasteiger partial charge in [-0.25, -0.2) is 0 Å². The van der Waals surface area contributed by atoms with Crippen molar-refractivity contribution in [2.24, 2.45) is 0 Å². The van der Waals surface area contributed by atoms with Crippen LogP contribution in [0.15, 0.2) is 253 Å². The Labute approximate surface area is 405 Å². The average Bonchev–Trinajstić information content (AvgIpc) is 3.85. The molecule has 0 N–H and O–H groups in total. The SMILES string of the molecule is c1ccc(-c2ccccc2N(c2ccc3c(c2)-c2ccccc2-c2ccccc2O3)c2ccc3c(c2)-c2ccccc2-c2ccccc2C32c3ccccc3-c3cc4c(cc32)oc2ccccc24)cc1. The summed E-state index contributed by atoms with van der Waals surface area (Å²) >= 11 is 0. The predicted molar refractivity (Wildman–Crippen MR) is 287 cm³/mol. The summed E-state index contributed by atoms with van der Waals surface area (Å²) in [6, 6.07) is 90.8. The van der Waals surface area contributed by atoms with Crippen LogP contribution in [0.5, 0.6) is 11.5 Å². The molecule has 1 atom stereocenters.